The van der Waals surface area contributed by atoms with E-state index in [-0.39, 0.29) is 16.8 Å². The van der Waals surface area contributed by atoms with E-state index in [0.29, 0.717) is 34.5 Å². The third-order valence-corrected chi connectivity index (χ3v) is 6.91. The van der Waals surface area contributed by atoms with Gasteiger partial charge in [0.25, 0.3) is 5.91 Å². The van der Waals surface area contributed by atoms with Crippen molar-refractivity contribution in [2.45, 2.75) is 12.2 Å². The molecule has 170 valence electrons. The zero-order valence-corrected chi connectivity index (χ0v) is 19.6. The molecule has 0 spiro atoms. The Bertz CT molecular complexity index is 1240. The summed E-state index contributed by atoms with van der Waals surface area (Å²) in [4.78, 5) is 27.7. The Morgan fingerprint density at radius 1 is 1.12 bits per heavy atom. The van der Waals surface area contributed by atoms with Crippen LogP contribution in [0.3, 0.4) is 0 Å². The van der Waals surface area contributed by atoms with Crippen LogP contribution in [0, 0.1) is 0 Å². The number of thioether (sulfide) groups is 1. The number of carbonyl (C=O) groups excluding carboxylic acids is 2. The average Bonchev–Trinajstić information content (AvgIpc) is 3.47. The molecule has 0 fully saturated rings. The highest BCUT2D eigenvalue weighted by Crippen LogP contribution is 2.20. The highest BCUT2D eigenvalue weighted by Gasteiger charge is 2.14. The molecule has 0 unspecified atom stereocenters. The quantitative estimate of drug-likeness (QED) is 0.317. The van der Waals surface area contributed by atoms with E-state index < -0.39 is 0 Å². The topological polar surface area (TPSA) is 109 Å². The molecule has 33 heavy (non-hydrogen) atoms. The summed E-state index contributed by atoms with van der Waals surface area (Å²) in [6.45, 7) is 0.579. The zero-order valence-electron chi connectivity index (χ0n) is 18.0. The molecule has 0 saturated heterocycles. The van der Waals surface area contributed by atoms with Crippen LogP contribution >= 0.6 is 23.1 Å². The lowest BCUT2D eigenvalue weighted by molar-refractivity contribution is -0.118. The number of ether oxygens (including phenoxy) is 1. The molecule has 2 aromatic heterocycles. The Kier molecular flexibility index (Phi) is 7.59. The SMILES string of the molecule is COc1ccc(NC(=O)c2nnc(CSCC(=O)NCCc3c[nH]c4ccccc34)s2)cc1. The number of benzene rings is 2. The highest BCUT2D eigenvalue weighted by atomic mass is 32.2. The zero-order chi connectivity index (χ0) is 23.0. The van der Waals surface area contributed by atoms with Crippen LogP contribution in [0.2, 0.25) is 0 Å². The van der Waals surface area contributed by atoms with E-state index in [1.165, 1.54) is 34.0 Å². The van der Waals surface area contributed by atoms with E-state index >= 15 is 0 Å². The number of fused-ring (bicyclic) bond motifs is 1. The van der Waals surface area contributed by atoms with Gasteiger partial charge >= 0.3 is 0 Å². The number of amides is 2. The first-order valence-corrected chi connectivity index (χ1v) is 12.3. The van der Waals surface area contributed by atoms with E-state index in [4.69, 9.17) is 4.74 Å². The maximum atomic E-state index is 12.4. The first-order valence-electron chi connectivity index (χ1n) is 10.3. The van der Waals surface area contributed by atoms with Crippen molar-refractivity contribution in [3.63, 3.8) is 0 Å². The van der Waals surface area contributed by atoms with Gasteiger partial charge in [0, 0.05) is 35.1 Å². The first-order chi connectivity index (χ1) is 16.1. The lowest BCUT2D eigenvalue weighted by atomic mass is 10.1. The number of aromatic amines is 1. The molecule has 0 saturated carbocycles. The predicted octanol–water partition coefficient (Wildman–Crippen LogP) is 3.87. The van der Waals surface area contributed by atoms with Crippen molar-refractivity contribution in [1.82, 2.24) is 20.5 Å². The van der Waals surface area contributed by atoms with Gasteiger partial charge in [-0.05, 0) is 42.3 Å². The monoisotopic (exact) mass is 481 g/mol. The summed E-state index contributed by atoms with van der Waals surface area (Å²) >= 11 is 2.66. The molecule has 0 aliphatic heterocycles. The number of rotatable bonds is 10. The summed E-state index contributed by atoms with van der Waals surface area (Å²) in [5, 5.41) is 15.9. The van der Waals surface area contributed by atoms with Gasteiger partial charge in [-0.3, -0.25) is 9.59 Å². The largest absolute Gasteiger partial charge is 0.497 e. The molecule has 0 atom stereocenters. The van der Waals surface area contributed by atoms with E-state index in [1.54, 1.807) is 31.4 Å². The number of para-hydroxylation sites is 1. The second kappa shape index (κ2) is 11.0. The van der Waals surface area contributed by atoms with Crippen molar-refractivity contribution >= 4 is 51.5 Å². The number of anilines is 1. The standard InChI is InChI=1S/C23H23N5O3S2/c1-31-17-8-6-16(7-9-17)26-22(30)23-28-27-21(33-23)14-32-13-20(29)24-11-10-15-12-25-19-5-3-2-4-18(15)19/h2-9,12,25H,10-11,13-14H2,1H3,(H,24,29)(H,26,30). The molecule has 10 heteroatoms. The van der Waals surface area contributed by atoms with Crippen LogP contribution in [0.4, 0.5) is 5.69 Å². The van der Waals surface area contributed by atoms with E-state index in [9.17, 15) is 9.59 Å². The lowest BCUT2D eigenvalue weighted by Crippen LogP contribution is -2.27. The van der Waals surface area contributed by atoms with Crippen LogP contribution in [0.15, 0.2) is 54.7 Å². The van der Waals surface area contributed by atoms with E-state index in [0.717, 1.165) is 11.9 Å². The van der Waals surface area contributed by atoms with Gasteiger partial charge in [-0.15, -0.1) is 22.0 Å². The number of hydrogen-bond donors (Lipinski definition) is 3. The lowest BCUT2D eigenvalue weighted by Gasteiger charge is -2.04. The van der Waals surface area contributed by atoms with Crippen LogP contribution < -0.4 is 15.4 Å². The average molecular weight is 482 g/mol. The number of nitrogens with zero attached hydrogens (tertiary/aromatic N) is 2. The van der Waals surface area contributed by atoms with Crippen molar-refractivity contribution in [2.24, 2.45) is 0 Å². The molecule has 0 aliphatic carbocycles. The van der Waals surface area contributed by atoms with Gasteiger partial charge in [-0.25, -0.2) is 0 Å². The highest BCUT2D eigenvalue weighted by molar-refractivity contribution is 7.99. The minimum Gasteiger partial charge on any atom is -0.497 e. The molecule has 2 aromatic carbocycles. The summed E-state index contributed by atoms with van der Waals surface area (Å²) in [6.07, 6.45) is 2.76. The van der Waals surface area contributed by atoms with E-state index in [2.05, 4.69) is 31.9 Å². The van der Waals surface area contributed by atoms with Gasteiger partial charge < -0.3 is 20.4 Å². The summed E-state index contributed by atoms with van der Waals surface area (Å²) in [7, 11) is 1.59. The fourth-order valence-corrected chi connectivity index (χ4v) is 4.86. The van der Waals surface area contributed by atoms with Crippen LogP contribution in [-0.2, 0) is 17.0 Å². The first kappa shape index (κ1) is 22.8. The fraction of sp³-hybridized carbons (Fsp3) is 0.217. The number of H-pyrrole nitrogens is 1. The maximum Gasteiger partial charge on any atom is 0.286 e. The van der Waals surface area contributed by atoms with Crippen LogP contribution in [-0.4, -0.2) is 46.4 Å². The van der Waals surface area contributed by atoms with E-state index in [1.807, 2.05) is 24.4 Å². The van der Waals surface area contributed by atoms with Gasteiger partial charge in [0.2, 0.25) is 10.9 Å². The van der Waals surface area contributed by atoms with Crippen molar-refractivity contribution in [3.8, 4) is 5.75 Å². The Labute approximate surface area is 199 Å². The summed E-state index contributed by atoms with van der Waals surface area (Å²) in [5.41, 5.74) is 2.94. The van der Waals surface area contributed by atoms with Gasteiger partial charge in [0.1, 0.15) is 10.8 Å². The molecular weight excluding hydrogens is 458 g/mol. The fourth-order valence-electron chi connectivity index (χ4n) is 3.22. The molecule has 4 aromatic rings. The molecule has 4 rings (SSSR count). The molecule has 0 bridgehead atoms. The maximum absolute atomic E-state index is 12.4. The Balaban J connectivity index is 1.17. The number of aromatic nitrogens is 3. The predicted molar refractivity (Wildman–Crippen MR) is 132 cm³/mol. The Morgan fingerprint density at radius 2 is 1.94 bits per heavy atom. The Hall–Kier alpha value is -3.37. The number of methoxy groups -OCH3 is 1. The van der Waals surface area contributed by atoms with Gasteiger partial charge in [0.15, 0.2) is 0 Å². The van der Waals surface area contributed by atoms with Crippen molar-refractivity contribution in [3.05, 3.63) is 70.3 Å². The molecule has 0 radical (unpaired) electrons. The summed E-state index contributed by atoms with van der Waals surface area (Å²) in [5.74, 6) is 1.21. The summed E-state index contributed by atoms with van der Waals surface area (Å²) < 4.78 is 5.11. The van der Waals surface area contributed by atoms with Crippen LogP contribution in [0.1, 0.15) is 20.4 Å². The second-order valence-corrected chi connectivity index (χ2v) is 9.18. The van der Waals surface area contributed by atoms with Crippen molar-refractivity contribution in [2.75, 3.05) is 24.7 Å². The van der Waals surface area contributed by atoms with Crippen LogP contribution in [0.5, 0.6) is 5.75 Å². The normalized spacial score (nSPS) is 10.8. The number of carbonyl (C=O) groups is 2. The van der Waals surface area contributed by atoms with Gasteiger partial charge in [-0.2, -0.15) is 0 Å². The molecule has 2 heterocycles. The van der Waals surface area contributed by atoms with Gasteiger partial charge in [-0.1, -0.05) is 29.5 Å². The van der Waals surface area contributed by atoms with Crippen molar-refractivity contribution in [1.29, 1.82) is 0 Å². The Morgan fingerprint density at radius 3 is 2.76 bits per heavy atom. The second-order valence-electron chi connectivity index (χ2n) is 7.14. The minimum absolute atomic E-state index is 0.0261. The number of hydrogen-bond acceptors (Lipinski definition) is 7. The van der Waals surface area contributed by atoms with Crippen LogP contribution in [0.25, 0.3) is 10.9 Å². The third-order valence-electron chi connectivity index (χ3n) is 4.86. The third kappa shape index (κ3) is 6.11. The molecule has 2 amide bonds. The molecule has 8 nitrogen and oxygen atoms in total. The summed E-state index contributed by atoms with van der Waals surface area (Å²) in [6, 6.07) is 15.2. The molecular formula is C23H23N5O3S2. The minimum atomic E-state index is -0.316. The van der Waals surface area contributed by atoms with Gasteiger partial charge in [0.05, 0.1) is 12.9 Å². The molecule has 0 aliphatic rings. The molecule has 3 N–H and O–H groups in total. The number of nitrogens with one attached hydrogen (secondary N) is 3. The van der Waals surface area contributed by atoms with Crippen molar-refractivity contribution < 1.29 is 14.3 Å². The smallest absolute Gasteiger partial charge is 0.286 e.